The lowest BCUT2D eigenvalue weighted by atomic mass is 10.1. The van der Waals surface area contributed by atoms with Crippen LogP contribution in [0.2, 0.25) is 0 Å². The van der Waals surface area contributed by atoms with E-state index in [1.54, 1.807) is 11.3 Å². The van der Waals surface area contributed by atoms with Crippen LogP contribution in [0.25, 0.3) is 31.6 Å². The molecule has 0 unspecified atom stereocenters. The summed E-state index contributed by atoms with van der Waals surface area (Å²) in [7, 11) is 0. The Labute approximate surface area is 196 Å². The van der Waals surface area contributed by atoms with Gasteiger partial charge < -0.3 is 20.5 Å². The lowest BCUT2D eigenvalue weighted by molar-refractivity contribution is 0.156. The third kappa shape index (κ3) is 4.77. The van der Waals surface area contributed by atoms with E-state index < -0.39 is 0 Å². The van der Waals surface area contributed by atoms with Crippen molar-refractivity contribution in [2.75, 3.05) is 31.6 Å². The van der Waals surface area contributed by atoms with Crippen LogP contribution >= 0.6 is 11.3 Å². The van der Waals surface area contributed by atoms with E-state index in [0.717, 1.165) is 43.1 Å². The third-order valence-corrected chi connectivity index (χ3v) is 6.81. The fourth-order valence-corrected chi connectivity index (χ4v) is 5.13. The zero-order valence-corrected chi connectivity index (χ0v) is 19.0. The van der Waals surface area contributed by atoms with Gasteiger partial charge in [-0.15, -0.1) is 11.3 Å². The Morgan fingerprint density at radius 3 is 2.70 bits per heavy atom. The molecule has 0 amide bonds. The molecule has 2 aromatic carbocycles. The van der Waals surface area contributed by atoms with Gasteiger partial charge in [0.15, 0.2) is 0 Å². The Bertz CT molecular complexity index is 1370. The summed E-state index contributed by atoms with van der Waals surface area (Å²) in [5.74, 6) is 0. The summed E-state index contributed by atoms with van der Waals surface area (Å²) in [6, 6.07) is 21.0. The highest BCUT2D eigenvalue weighted by Crippen LogP contribution is 2.37. The van der Waals surface area contributed by atoms with Crippen molar-refractivity contribution in [3.05, 3.63) is 78.6 Å². The van der Waals surface area contributed by atoms with E-state index in [2.05, 4.69) is 74.8 Å². The van der Waals surface area contributed by atoms with Gasteiger partial charge in [0.2, 0.25) is 0 Å². The number of aromatic nitrogens is 2. The monoisotopic (exact) mass is 458 g/mol. The number of aliphatic hydroxyl groups is 2. The Morgan fingerprint density at radius 2 is 1.85 bits per heavy atom. The second kappa shape index (κ2) is 9.72. The number of hydrogen-bond acceptors (Lipinski definition) is 6. The largest absolute Gasteiger partial charge is 0.395 e. The quantitative estimate of drug-likeness (QED) is 0.251. The number of pyridine rings is 1. The van der Waals surface area contributed by atoms with Crippen LogP contribution in [0.4, 0.5) is 11.4 Å². The maximum atomic E-state index is 9.29. The van der Waals surface area contributed by atoms with Crippen LogP contribution in [0.5, 0.6) is 0 Å². The summed E-state index contributed by atoms with van der Waals surface area (Å²) in [6.07, 6.45) is 3.79. The molecule has 0 aliphatic heterocycles. The predicted molar refractivity (Wildman–Crippen MR) is 136 cm³/mol. The maximum absolute atomic E-state index is 9.29. The van der Waals surface area contributed by atoms with Crippen LogP contribution in [0.1, 0.15) is 5.56 Å². The zero-order chi connectivity index (χ0) is 22.6. The highest BCUT2D eigenvalue weighted by Gasteiger charge is 2.11. The fraction of sp³-hybridized carbons (Fsp3) is 0.192. The molecule has 0 aliphatic carbocycles. The molecular weight excluding hydrogens is 432 g/mol. The molecule has 0 saturated carbocycles. The summed E-state index contributed by atoms with van der Waals surface area (Å²) in [5, 5.41) is 24.4. The molecule has 0 spiro atoms. The number of nitrogens with zero attached hydrogens (tertiary/aromatic N) is 2. The van der Waals surface area contributed by atoms with Gasteiger partial charge >= 0.3 is 0 Å². The van der Waals surface area contributed by atoms with E-state index in [-0.39, 0.29) is 13.2 Å². The molecule has 3 aromatic heterocycles. The lowest BCUT2D eigenvalue weighted by Gasteiger charge is -2.20. The predicted octanol–water partition coefficient (Wildman–Crippen LogP) is 4.97. The highest BCUT2D eigenvalue weighted by atomic mass is 32.1. The topological polar surface area (TPSA) is 84.4 Å². The summed E-state index contributed by atoms with van der Waals surface area (Å²) in [6.45, 7) is 1.93. The minimum absolute atomic E-state index is 0.0778. The minimum Gasteiger partial charge on any atom is -0.395 e. The average molecular weight is 459 g/mol. The Balaban J connectivity index is 1.43. The Kier molecular flexibility index (Phi) is 6.37. The number of H-pyrrole nitrogens is 1. The van der Waals surface area contributed by atoms with Crippen LogP contribution < -0.4 is 5.32 Å². The summed E-state index contributed by atoms with van der Waals surface area (Å²) in [5.41, 5.74) is 5.48. The first-order chi connectivity index (χ1) is 16.2. The number of fused-ring (bicyclic) bond motifs is 2. The van der Waals surface area contributed by atoms with Crippen molar-refractivity contribution in [1.82, 2.24) is 14.9 Å². The number of aromatic amines is 1. The number of rotatable bonds is 9. The first-order valence-corrected chi connectivity index (χ1v) is 11.8. The Morgan fingerprint density at radius 1 is 0.970 bits per heavy atom. The summed E-state index contributed by atoms with van der Waals surface area (Å²) >= 11 is 1.68. The molecule has 0 bridgehead atoms. The van der Waals surface area contributed by atoms with E-state index in [1.807, 2.05) is 18.5 Å². The molecular formula is C26H26N4O2S. The summed E-state index contributed by atoms with van der Waals surface area (Å²) < 4.78 is 0. The molecule has 168 valence electrons. The molecule has 5 rings (SSSR count). The standard InChI is InChI=1S/C26H26N4O2S/c31-12-10-30(11-13-32)17-18-2-1-3-20(14-18)25-16-22-24(7-9-28-26(22)33-25)29-21-4-5-23-19(15-21)6-8-27-23/h1-9,14-16,27,31-32H,10-13,17H2,(H,28,29). The molecule has 0 saturated heterocycles. The van der Waals surface area contributed by atoms with Crippen LogP contribution in [0, 0.1) is 0 Å². The Hall–Kier alpha value is -3.23. The van der Waals surface area contributed by atoms with Gasteiger partial charge in [0.1, 0.15) is 4.83 Å². The van der Waals surface area contributed by atoms with Gasteiger partial charge in [-0.05, 0) is 53.6 Å². The van der Waals surface area contributed by atoms with E-state index in [9.17, 15) is 10.2 Å². The van der Waals surface area contributed by atoms with Crippen molar-refractivity contribution in [3.8, 4) is 10.4 Å². The molecule has 0 radical (unpaired) electrons. The van der Waals surface area contributed by atoms with Gasteiger partial charge in [-0.3, -0.25) is 4.90 Å². The molecule has 3 heterocycles. The molecule has 0 fully saturated rings. The summed E-state index contributed by atoms with van der Waals surface area (Å²) in [4.78, 5) is 12.0. The van der Waals surface area contributed by atoms with Gasteiger partial charge in [0, 0.05) is 58.9 Å². The van der Waals surface area contributed by atoms with Gasteiger partial charge in [-0.1, -0.05) is 18.2 Å². The van der Waals surface area contributed by atoms with Crippen LogP contribution in [-0.2, 0) is 6.54 Å². The lowest BCUT2D eigenvalue weighted by Crippen LogP contribution is -2.29. The minimum atomic E-state index is 0.0778. The van der Waals surface area contributed by atoms with Crippen molar-refractivity contribution < 1.29 is 10.2 Å². The van der Waals surface area contributed by atoms with Crippen molar-refractivity contribution >= 4 is 43.8 Å². The molecule has 5 aromatic rings. The first-order valence-electron chi connectivity index (χ1n) is 11.0. The van der Waals surface area contributed by atoms with Gasteiger partial charge in [-0.25, -0.2) is 4.98 Å². The van der Waals surface area contributed by atoms with Gasteiger partial charge in [0.25, 0.3) is 0 Å². The number of aliphatic hydroxyl groups excluding tert-OH is 2. The molecule has 7 heteroatoms. The average Bonchev–Trinajstić information content (AvgIpc) is 3.47. The smallest absolute Gasteiger partial charge is 0.125 e. The molecule has 33 heavy (non-hydrogen) atoms. The van der Waals surface area contributed by atoms with Crippen molar-refractivity contribution in [2.45, 2.75) is 6.54 Å². The first kappa shape index (κ1) is 21.6. The van der Waals surface area contributed by atoms with Crippen LogP contribution in [0.3, 0.4) is 0 Å². The van der Waals surface area contributed by atoms with E-state index in [1.165, 1.54) is 5.39 Å². The normalized spacial score (nSPS) is 11.6. The zero-order valence-electron chi connectivity index (χ0n) is 18.2. The van der Waals surface area contributed by atoms with Gasteiger partial charge in [-0.2, -0.15) is 0 Å². The number of thiophene rings is 1. The maximum Gasteiger partial charge on any atom is 0.125 e. The van der Waals surface area contributed by atoms with Crippen LogP contribution in [-0.4, -0.2) is 51.4 Å². The van der Waals surface area contributed by atoms with Crippen LogP contribution in [0.15, 0.2) is 73.1 Å². The van der Waals surface area contributed by atoms with E-state index in [4.69, 9.17) is 0 Å². The number of benzene rings is 2. The number of nitrogens with one attached hydrogen (secondary N) is 2. The van der Waals surface area contributed by atoms with Crippen molar-refractivity contribution in [1.29, 1.82) is 0 Å². The second-order valence-corrected chi connectivity index (χ2v) is 9.05. The van der Waals surface area contributed by atoms with Gasteiger partial charge in [0.05, 0.1) is 18.9 Å². The molecule has 4 N–H and O–H groups in total. The van der Waals surface area contributed by atoms with E-state index >= 15 is 0 Å². The van der Waals surface area contributed by atoms with Crippen molar-refractivity contribution in [2.24, 2.45) is 0 Å². The highest BCUT2D eigenvalue weighted by molar-refractivity contribution is 7.21. The fourth-order valence-electron chi connectivity index (χ4n) is 4.11. The molecule has 6 nitrogen and oxygen atoms in total. The third-order valence-electron chi connectivity index (χ3n) is 5.72. The number of hydrogen-bond donors (Lipinski definition) is 4. The molecule has 0 aliphatic rings. The van der Waals surface area contributed by atoms with E-state index in [0.29, 0.717) is 19.6 Å². The number of anilines is 2. The molecule has 0 atom stereocenters. The SMILES string of the molecule is OCCN(CCO)Cc1cccc(-c2cc3c(Nc4ccc5[nH]ccc5c4)ccnc3s2)c1. The van der Waals surface area contributed by atoms with Crippen molar-refractivity contribution in [3.63, 3.8) is 0 Å². The second-order valence-electron chi connectivity index (χ2n) is 8.02.